The summed E-state index contributed by atoms with van der Waals surface area (Å²) in [5, 5.41) is 8.57. The summed E-state index contributed by atoms with van der Waals surface area (Å²) >= 11 is 0. The fourth-order valence-corrected chi connectivity index (χ4v) is 0.758. The summed E-state index contributed by atoms with van der Waals surface area (Å²) < 4.78 is 1.64. The first kappa shape index (κ1) is 9.14. The second-order valence-electron chi connectivity index (χ2n) is 2.48. The number of carboxylic acids is 1. The molecule has 0 aliphatic carbocycles. The van der Waals surface area contributed by atoms with Crippen LogP contribution in [0.15, 0.2) is 0 Å². The lowest BCUT2D eigenvalue weighted by atomic mass is 10.1. The minimum absolute atomic E-state index is 0.275. The van der Waals surface area contributed by atoms with Crippen molar-refractivity contribution in [3.8, 4) is 0 Å². The molecule has 0 spiro atoms. The molecule has 0 aliphatic heterocycles. The van der Waals surface area contributed by atoms with Crippen LogP contribution in [0.3, 0.4) is 0 Å². The molecule has 1 atom stereocenters. The van der Waals surface area contributed by atoms with Crippen molar-refractivity contribution in [2.24, 2.45) is 5.92 Å². The molecule has 0 radical (unpaired) electrons. The summed E-state index contributed by atoms with van der Waals surface area (Å²) in [5.74, 6) is -1.01. The van der Waals surface area contributed by atoms with Crippen LogP contribution in [0.25, 0.3) is 0 Å². The molecule has 1 unspecified atom stereocenters. The molecule has 3 heteroatoms. The van der Waals surface area contributed by atoms with Gasteiger partial charge in [-0.1, -0.05) is 6.92 Å². The van der Waals surface area contributed by atoms with E-state index in [0.29, 0.717) is 13.0 Å². The van der Waals surface area contributed by atoms with Crippen molar-refractivity contribution in [1.82, 2.24) is 0 Å². The van der Waals surface area contributed by atoms with Crippen molar-refractivity contribution in [3.63, 3.8) is 0 Å². The summed E-state index contributed by atoms with van der Waals surface area (Å²) in [6.07, 6.45) is 0.662. The molecule has 0 aromatic carbocycles. The highest BCUT2D eigenvalue weighted by Crippen LogP contribution is 2.01. The maximum Gasteiger partial charge on any atom is 0.312 e. The third-order valence-corrected chi connectivity index (χ3v) is 1.37. The summed E-state index contributed by atoms with van der Waals surface area (Å²) in [5.41, 5.74) is 0. The first-order valence-electron chi connectivity index (χ1n) is 3.32. The summed E-state index contributed by atoms with van der Waals surface area (Å²) in [6, 6.07) is 0. The highest BCUT2D eigenvalue weighted by Gasteiger charge is 2.18. The topological polar surface area (TPSA) is 40.3 Å². The molecular weight excluding hydrogens is 130 g/mol. The molecule has 0 aromatic rings. The van der Waals surface area contributed by atoms with Gasteiger partial charge in [0.1, 0.15) is 19.7 Å². The Kier molecular flexibility index (Phi) is 3.69. The van der Waals surface area contributed by atoms with Crippen LogP contribution in [0.4, 0.5) is 0 Å². The van der Waals surface area contributed by atoms with Gasteiger partial charge in [0.25, 0.3) is 0 Å². The van der Waals surface area contributed by atoms with Crippen molar-refractivity contribution in [2.45, 2.75) is 13.3 Å². The number of carbonyl (C=O) groups is 1. The molecule has 0 heterocycles. The van der Waals surface area contributed by atoms with Crippen LogP contribution >= 0.6 is 0 Å². The highest BCUT2D eigenvalue weighted by molar-refractivity contribution is 5.69. The second kappa shape index (κ2) is 4.04. The molecule has 0 aliphatic rings. The van der Waals surface area contributed by atoms with Gasteiger partial charge >= 0.3 is 5.97 Å². The first-order valence-corrected chi connectivity index (χ1v) is 3.32. The Bertz CT molecular complexity index is 143. The van der Waals surface area contributed by atoms with Gasteiger partial charge in [0.2, 0.25) is 0 Å². The molecule has 58 valence electrons. The van der Waals surface area contributed by atoms with Crippen LogP contribution in [-0.2, 0) is 4.79 Å². The van der Waals surface area contributed by atoms with Crippen LogP contribution in [0.2, 0.25) is 0 Å². The summed E-state index contributed by atoms with van der Waals surface area (Å²) in [7, 11) is 1.77. The average Bonchev–Trinajstić information content (AvgIpc) is 1.81. The lowest BCUT2D eigenvalue weighted by molar-refractivity contribution is -0.494. The van der Waals surface area contributed by atoms with E-state index in [0.717, 1.165) is 0 Å². The Morgan fingerprint density at radius 2 is 2.30 bits per heavy atom. The van der Waals surface area contributed by atoms with E-state index in [2.05, 4.69) is 6.72 Å². The van der Waals surface area contributed by atoms with Gasteiger partial charge in [0, 0.05) is 0 Å². The van der Waals surface area contributed by atoms with E-state index < -0.39 is 5.97 Å². The van der Waals surface area contributed by atoms with Gasteiger partial charge in [-0.25, -0.2) is 4.58 Å². The predicted molar refractivity (Wildman–Crippen MR) is 39.6 cm³/mol. The molecule has 10 heavy (non-hydrogen) atoms. The fraction of sp³-hybridized carbons (Fsp3) is 0.714. The van der Waals surface area contributed by atoms with Crippen LogP contribution < -0.4 is 0 Å². The van der Waals surface area contributed by atoms with Crippen molar-refractivity contribution >= 4 is 12.7 Å². The van der Waals surface area contributed by atoms with Crippen LogP contribution in [-0.4, -0.2) is 36.0 Å². The molecule has 0 rings (SSSR count). The maximum absolute atomic E-state index is 10.4. The molecule has 0 amide bonds. The summed E-state index contributed by atoms with van der Waals surface area (Å²) in [6.45, 7) is 5.96. The SMILES string of the molecule is C=[N+](C)CC(CC)C(=O)O. The quantitative estimate of drug-likeness (QED) is 0.459. The van der Waals surface area contributed by atoms with E-state index in [-0.39, 0.29) is 5.92 Å². The van der Waals surface area contributed by atoms with Crippen LogP contribution in [0, 0.1) is 5.92 Å². The molecule has 0 saturated carbocycles. The van der Waals surface area contributed by atoms with Gasteiger partial charge in [0.05, 0.1) is 0 Å². The smallest absolute Gasteiger partial charge is 0.312 e. The standard InChI is InChI=1S/C7H13NO2/c1-4-6(7(9)10)5-8(2)3/h6H,2,4-5H2,1,3H3/p+1. The minimum Gasteiger partial charge on any atom is -0.481 e. The Morgan fingerprint density at radius 1 is 1.80 bits per heavy atom. The normalized spacial score (nSPS) is 12.6. The van der Waals surface area contributed by atoms with E-state index in [4.69, 9.17) is 5.11 Å². The van der Waals surface area contributed by atoms with Gasteiger partial charge in [-0.3, -0.25) is 4.79 Å². The molecular formula is C7H14NO2+. The molecule has 0 aromatic heterocycles. The van der Waals surface area contributed by atoms with Gasteiger partial charge < -0.3 is 5.11 Å². The number of aliphatic carboxylic acids is 1. The first-order chi connectivity index (χ1) is 4.57. The lowest BCUT2D eigenvalue weighted by Crippen LogP contribution is -2.23. The maximum atomic E-state index is 10.4. The van der Waals surface area contributed by atoms with E-state index in [1.165, 1.54) is 0 Å². The number of hydrogen-bond acceptors (Lipinski definition) is 1. The number of hydrogen-bond donors (Lipinski definition) is 1. The van der Waals surface area contributed by atoms with E-state index in [1.54, 1.807) is 11.6 Å². The van der Waals surface area contributed by atoms with E-state index in [1.807, 2.05) is 6.92 Å². The molecule has 1 N–H and O–H groups in total. The number of carboxylic acid groups (broad SMARTS) is 1. The van der Waals surface area contributed by atoms with E-state index in [9.17, 15) is 4.79 Å². The average molecular weight is 144 g/mol. The van der Waals surface area contributed by atoms with Gasteiger partial charge in [-0.05, 0) is 6.42 Å². The zero-order chi connectivity index (χ0) is 8.15. The lowest BCUT2D eigenvalue weighted by Gasteiger charge is -2.04. The highest BCUT2D eigenvalue weighted by atomic mass is 16.4. The Hall–Kier alpha value is -0.860. The second-order valence-corrected chi connectivity index (χ2v) is 2.48. The van der Waals surface area contributed by atoms with Crippen molar-refractivity contribution in [3.05, 3.63) is 0 Å². The molecule has 0 saturated heterocycles. The zero-order valence-corrected chi connectivity index (χ0v) is 6.50. The zero-order valence-electron chi connectivity index (χ0n) is 6.50. The fourth-order valence-electron chi connectivity index (χ4n) is 0.758. The largest absolute Gasteiger partial charge is 0.481 e. The third-order valence-electron chi connectivity index (χ3n) is 1.37. The third kappa shape index (κ3) is 3.22. The van der Waals surface area contributed by atoms with Crippen molar-refractivity contribution < 1.29 is 14.5 Å². The van der Waals surface area contributed by atoms with Gasteiger partial charge in [0.15, 0.2) is 6.54 Å². The predicted octanol–water partition coefficient (Wildman–Crippen LogP) is 0.440. The molecule has 3 nitrogen and oxygen atoms in total. The molecule has 0 fully saturated rings. The Labute approximate surface area is 61.0 Å². The Balaban J connectivity index is 3.83. The van der Waals surface area contributed by atoms with Gasteiger partial charge in [-0.15, -0.1) is 0 Å². The van der Waals surface area contributed by atoms with Crippen LogP contribution in [0.5, 0.6) is 0 Å². The summed E-state index contributed by atoms with van der Waals surface area (Å²) in [4.78, 5) is 10.4. The van der Waals surface area contributed by atoms with Crippen LogP contribution in [0.1, 0.15) is 13.3 Å². The van der Waals surface area contributed by atoms with Gasteiger partial charge in [-0.2, -0.15) is 0 Å². The number of nitrogens with zero attached hydrogens (tertiary/aromatic N) is 1. The monoisotopic (exact) mass is 144 g/mol. The van der Waals surface area contributed by atoms with Crippen molar-refractivity contribution in [2.75, 3.05) is 13.6 Å². The number of rotatable bonds is 4. The minimum atomic E-state index is -0.738. The Morgan fingerprint density at radius 3 is 2.40 bits per heavy atom. The van der Waals surface area contributed by atoms with E-state index >= 15 is 0 Å². The van der Waals surface area contributed by atoms with Crippen molar-refractivity contribution in [1.29, 1.82) is 0 Å². The molecule has 0 bridgehead atoms.